The molecule has 0 unspecified atom stereocenters. The molecule has 1 saturated carbocycles. The number of hydrogen-bond donors (Lipinski definition) is 1. The maximum atomic E-state index is 12.8. The predicted molar refractivity (Wildman–Crippen MR) is 117 cm³/mol. The number of hydrogen-bond acceptors (Lipinski definition) is 7. The fourth-order valence-electron chi connectivity index (χ4n) is 4.22. The highest BCUT2D eigenvalue weighted by Crippen LogP contribution is 2.23. The van der Waals surface area contributed by atoms with Gasteiger partial charge in [0.15, 0.2) is 5.78 Å². The summed E-state index contributed by atoms with van der Waals surface area (Å²) >= 11 is 0. The van der Waals surface area contributed by atoms with Crippen LogP contribution in [0.2, 0.25) is 0 Å². The fraction of sp³-hybridized carbons (Fsp3) is 0.652. The molecule has 1 aliphatic carbocycles. The molecule has 0 spiro atoms. The van der Waals surface area contributed by atoms with Gasteiger partial charge in [0.2, 0.25) is 5.95 Å². The second-order valence-electron chi connectivity index (χ2n) is 8.79. The van der Waals surface area contributed by atoms with E-state index in [1.165, 1.54) is 6.08 Å². The van der Waals surface area contributed by atoms with E-state index in [4.69, 9.17) is 4.74 Å². The molecular weight excluding hydrogens is 380 g/mol. The zero-order chi connectivity index (χ0) is 21.5. The largest absolute Gasteiger partial charge is 0.461 e. The van der Waals surface area contributed by atoms with Gasteiger partial charge in [0.1, 0.15) is 12.1 Å². The number of nitrogens with one attached hydrogen (secondary N) is 1. The van der Waals surface area contributed by atoms with Crippen molar-refractivity contribution in [2.75, 3.05) is 18.0 Å². The van der Waals surface area contributed by atoms with Crippen molar-refractivity contribution in [3.63, 3.8) is 0 Å². The third-order valence-electron chi connectivity index (χ3n) is 5.90. The Kier molecular flexibility index (Phi) is 7.96. The van der Waals surface area contributed by atoms with Crippen molar-refractivity contribution < 1.29 is 14.3 Å². The summed E-state index contributed by atoms with van der Waals surface area (Å²) in [5.74, 6) is 0.784. The van der Waals surface area contributed by atoms with Crippen LogP contribution in [0.5, 0.6) is 0 Å². The Morgan fingerprint density at radius 2 is 1.83 bits per heavy atom. The number of nitrogens with zero attached hydrogens (tertiary/aromatic N) is 3. The first-order chi connectivity index (χ1) is 14.5. The van der Waals surface area contributed by atoms with Crippen LogP contribution in [0.25, 0.3) is 0 Å². The Labute approximate surface area is 179 Å². The van der Waals surface area contributed by atoms with E-state index in [0.29, 0.717) is 17.4 Å². The van der Waals surface area contributed by atoms with Gasteiger partial charge in [0.05, 0.1) is 5.56 Å². The van der Waals surface area contributed by atoms with Gasteiger partial charge in [-0.3, -0.25) is 9.59 Å². The highest BCUT2D eigenvalue weighted by atomic mass is 16.5. The predicted octanol–water partition coefficient (Wildman–Crippen LogP) is 3.30. The Morgan fingerprint density at radius 1 is 1.20 bits per heavy atom. The number of anilines is 1. The molecule has 1 aromatic heterocycles. The Bertz CT molecular complexity index is 720. The van der Waals surface area contributed by atoms with E-state index in [9.17, 15) is 9.59 Å². The van der Waals surface area contributed by atoms with Crippen LogP contribution in [0.4, 0.5) is 5.95 Å². The van der Waals surface area contributed by atoms with E-state index in [1.54, 1.807) is 12.4 Å². The van der Waals surface area contributed by atoms with E-state index in [1.807, 2.05) is 0 Å². The van der Waals surface area contributed by atoms with E-state index >= 15 is 0 Å². The van der Waals surface area contributed by atoms with Crippen LogP contribution in [0, 0.1) is 5.92 Å². The van der Waals surface area contributed by atoms with Crippen molar-refractivity contribution in [3.05, 3.63) is 30.6 Å². The molecule has 1 aromatic rings. The van der Waals surface area contributed by atoms with E-state index in [0.717, 1.165) is 58.0 Å². The SMILES string of the molecule is C=CC(=O)c1cnc(N2CCC(N[C@@H](CC(C)C)C(=O)OC3CCCC3)CC2)nc1. The molecular formula is C23H34N4O3. The average Bonchev–Trinajstić information content (AvgIpc) is 3.26. The lowest BCUT2D eigenvalue weighted by Gasteiger charge is -2.34. The number of aromatic nitrogens is 2. The lowest BCUT2D eigenvalue weighted by molar-refractivity contribution is -0.152. The van der Waals surface area contributed by atoms with Crippen molar-refractivity contribution in [3.8, 4) is 0 Å². The Balaban J connectivity index is 1.52. The van der Waals surface area contributed by atoms with Gasteiger partial charge in [-0.15, -0.1) is 0 Å². The molecule has 0 amide bonds. The average molecular weight is 415 g/mol. The summed E-state index contributed by atoms with van der Waals surface area (Å²) in [4.78, 5) is 35.2. The minimum atomic E-state index is -0.248. The third-order valence-corrected chi connectivity index (χ3v) is 5.90. The van der Waals surface area contributed by atoms with Gasteiger partial charge in [0.25, 0.3) is 0 Å². The molecule has 1 atom stereocenters. The van der Waals surface area contributed by atoms with Crippen molar-refractivity contribution in [1.29, 1.82) is 0 Å². The standard InChI is InChI=1S/C23H34N4O3/c1-4-21(28)17-14-24-23(25-15-17)27-11-9-18(10-12-27)26-20(13-16(2)3)22(29)30-19-7-5-6-8-19/h4,14-16,18-20,26H,1,5-13H2,2-3H3/t20-/m0/s1. The summed E-state index contributed by atoms with van der Waals surface area (Å²) in [5, 5.41) is 3.57. The lowest BCUT2D eigenvalue weighted by atomic mass is 9.99. The number of carbonyl (C=O) groups excluding carboxylic acids is 2. The molecule has 7 heteroatoms. The van der Waals surface area contributed by atoms with Gasteiger partial charge in [-0.1, -0.05) is 20.4 Å². The van der Waals surface area contributed by atoms with Crippen LogP contribution >= 0.6 is 0 Å². The molecule has 7 nitrogen and oxygen atoms in total. The quantitative estimate of drug-likeness (QED) is 0.377. The second-order valence-corrected chi connectivity index (χ2v) is 8.79. The van der Waals surface area contributed by atoms with E-state index in [-0.39, 0.29) is 29.9 Å². The van der Waals surface area contributed by atoms with Crippen molar-refractivity contribution >= 4 is 17.7 Å². The molecule has 0 bridgehead atoms. The summed E-state index contributed by atoms with van der Waals surface area (Å²) in [5.41, 5.74) is 0.447. The minimum absolute atomic E-state index is 0.0937. The van der Waals surface area contributed by atoms with E-state index < -0.39 is 0 Å². The number of ketones is 1. The molecule has 1 saturated heterocycles. The van der Waals surface area contributed by atoms with Crippen LogP contribution in [-0.2, 0) is 9.53 Å². The fourth-order valence-corrected chi connectivity index (χ4v) is 4.22. The molecule has 30 heavy (non-hydrogen) atoms. The molecule has 2 fully saturated rings. The zero-order valence-corrected chi connectivity index (χ0v) is 18.2. The molecule has 0 radical (unpaired) electrons. The minimum Gasteiger partial charge on any atom is -0.461 e. The summed E-state index contributed by atoms with van der Waals surface area (Å²) in [7, 11) is 0. The van der Waals surface area contributed by atoms with Crippen molar-refractivity contribution in [2.45, 2.75) is 77.0 Å². The topological polar surface area (TPSA) is 84.4 Å². The van der Waals surface area contributed by atoms with Crippen molar-refractivity contribution in [2.24, 2.45) is 5.92 Å². The summed E-state index contributed by atoms with van der Waals surface area (Å²) in [6.45, 7) is 9.37. The molecule has 2 aliphatic rings. The first kappa shape index (κ1) is 22.4. The monoisotopic (exact) mass is 414 g/mol. The zero-order valence-electron chi connectivity index (χ0n) is 18.2. The Hall–Kier alpha value is -2.28. The van der Waals surface area contributed by atoms with Gasteiger partial charge >= 0.3 is 5.97 Å². The van der Waals surface area contributed by atoms with Crippen LogP contribution in [0.15, 0.2) is 25.0 Å². The maximum absolute atomic E-state index is 12.8. The number of carbonyl (C=O) groups is 2. The maximum Gasteiger partial charge on any atom is 0.323 e. The lowest BCUT2D eigenvalue weighted by Crippen LogP contribution is -2.50. The molecule has 164 valence electrons. The van der Waals surface area contributed by atoms with Gasteiger partial charge in [-0.05, 0) is 56.9 Å². The molecule has 1 aliphatic heterocycles. The van der Waals surface area contributed by atoms with Crippen LogP contribution in [0.3, 0.4) is 0 Å². The normalized spacial score (nSPS) is 19.1. The highest BCUT2D eigenvalue weighted by Gasteiger charge is 2.30. The number of allylic oxidation sites excluding steroid dienone is 1. The van der Waals surface area contributed by atoms with Gasteiger partial charge in [0, 0.05) is 31.5 Å². The third kappa shape index (κ3) is 6.11. The number of esters is 1. The van der Waals surface area contributed by atoms with Crippen LogP contribution in [0.1, 0.15) is 69.2 Å². The second kappa shape index (κ2) is 10.7. The first-order valence-electron chi connectivity index (χ1n) is 11.2. The molecule has 2 heterocycles. The van der Waals surface area contributed by atoms with Gasteiger partial charge in [-0.25, -0.2) is 9.97 Å². The first-order valence-corrected chi connectivity index (χ1v) is 11.2. The summed E-state index contributed by atoms with van der Waals surface area (Å²) in [6.07, 6.45) is 11.4. The van der Waals surface area contributed by atoms with Gasteiger partial charge < -0.3 is 15.0 Å². The highest BCUT2D eigenvalue weighted by molar-refractivity contribution is 6.03. The summed E-state index contributed by atoms with van der Waals surface area (Å²) < 4.78 is 5.78. The number of rotatable bonds is 9. The number of piperidine rings is 1. The van der Waals surface area contributed by atoms with Crippen LogP contribution < -0.4 is 10.2 Å². The Morgan fingerprint density at radius 3 is 2.40 bits per heavy atom. The summed E-state index contributed by atoms with van der Waals surface area (Å²) in [6, 6.07) is 0.0188. The van der Waals surface area contributed by atoms with E-state index in [2.05, 4.69) is 40.6 Å². The molecule has 1 N–H and O–H groups in total. The smallest absolute Gasteiger partial charge is 0.323 e. The van der Waals surface area contributed by atoms with Gasteiger partial charge in [-0.2, -0.15) is 0 Å². The molecule has 0 aromatic carbocycles. The molecule has 3 rings (SSSR count). The number of ether oxygens (including phenoxy) is 1. The van der Waals surface area contributed by atoms with Crippen LogP contribution in [-0.4, -0.2) is 53.0 Å². The van der Waals surface area contributed by atoms with Crippen molar-refractivity contribution in [1.82, 2.24) is 15.3 Å².